The first-order valence-electron chi connectivity index (χ1n) is 9.22. The number of carbonyl (C=O) groups excluding carboxylic acids is 1. The molecule has 0 bridgehead atoms. The Morgan fingerprint density at radius 2 is 1.85 bits per heavy atom. The van der Waals surface area contributed by atoms with Crippen molar-refractivity contribution in [1.82, 2.24) is 14.7 Å². The van der Waals surface area contributed by atoms with E-state index in [2.05, 4.69) is 5.10 Å². The van der Waals surface area contributed by atoms with E-state index in [9.17, 15) is 4.79 Å². The monoisotopic (exact) mass is 363 g/mol. The van der Waals surface area contributed by atoms with E-state index >= 15 is 0 Å². The van der Waals surface area contributed by atoms with Crippen LogP contribution in [0.1, 0.15) is 48.5 Å². The highest BCUT2D eigenvalue weighted by Crippen LogP contribution is 2.36. The molecule has 26 heavy (non-hydrogen) atoms. The fourth-order valence-corrected chi connectivity index (χ4v) is 3.01. The zero-order valence-electron chi connectivity index (χ0n) is 16.9. The van der Waals surface area contributed by atoms with Crippen molar-refractivity contribution in [2.45, 2.75) is 71.8 Å². The molecule has 2 saturated heterocycles. The first-order valence-corrected chi connectivity index (χ1v) is 9.22. The second kappa shape index (κ2) is 6.27. The smallest absolute Gasteiger partial charge is 0.444 e. The number of likely N-dealkylation sites (tertiary alicyclic amines) is 1. The summed E-state index contributed by atoms with van der Waals surface area (Å²) in [5.41, 5.74) is -0.252. The van der Waals surface area contributed by atoms with E-state index in [4.69, 9.17) is 14.0 Å². The van der Waals surface area contributed by atoms with E-state index < -0.39 is 12.7 Å². The second-order valence-corrected chi connectivity index (χ2v) is 9.34. The summed E-state index contributed by atoms with van der Waals surface area (Å²) < 4.78 is 19.4. The van der Waals surface area contributed by atoms with Gasteiger partial charge in [0.1, 0.15) is 5.60 Å². The molecule has 3 rings (SSSR count). The van der Waals surface area contributed by atoms with E-state index in [0.717, 1.165) is 12.0 Å². The highest BCUT2D eigenvalue weighted by Gasteiger charge is 2.52. The van der Waals surface area contributed by atoms with Gasteiger partial charge in [-0.25, -0.2) is 4.79 Å². The van der Waals surface area contributed by atoms with Crippen molar-refractivity contribution in [3.8, 4) is 0 Å². The van der Waals surface area contributed by atoms with Crippen LogP contribution in [0, 0.1) is 5.92 Å². The maximum Gasteiger partial charge on any atom is 0.498 e. The molecule has 2 aliphatic rings. The molecule has 2 fully saturated rings. The third-order valence-electron chi connectivity index (χ3n) is 5.23. The molecule has 3 heterocycles. The van der Waals surface area contributed by atoms with Crippen molar-refractivity contribution < 1.29 is 18.8 Å². The number of hydrogen-bond donors (Lipinski definition) is 0. The van der Waals surface area contributed by atoms with Crippen LogP contribution in [0.3, 0.4) is 0 Å². The highest BCUT2D eigenvalue weighted by atomic mass is 16.7. The van der Waals surface area contributed by atoms with Gasteiger partial charge in [0.15, 0.2) is 0 Å². The first-order chi connectivity index (χ1) is 11.9. The first kappa shape index (κ1) is 19.2. The van der Waals surface area contributed by atoms with Crippen molar-refractivity contribution in [3.05, 3.63) is 12.4 Å². The maximum absolute atomic E-state index is 12.0. The summed E-state index contributed by atoms with van der Waals surface area (Å²) in [6, 6.07) is 0. The van der Waals surface area contributed by atoms with Crippen molar-refractivity contribution in [2.75, 3.05) is 13.1 Å². The topological polar surface area (TPSA) is 65.8 Å². The SMILES string of the molecule is CC(C)(C)OC(=O)N1CC(Cn2cc(B3OC(C)(C)C(C)(C)O3)cn2)C1. The van der Waals surface area contributed by atoms with E-state index in [-0.39, 0.29) is 17.3 Å². The molecule has 8 heteroatoms. The van der Waals surface area contributed by atoms with Crippen LogP contribution in [0.15, 0.2) is 12.4 Å². The van der Waals surface area contributed by atoms with Crippen molar-refractivity contribution in [1.29, 1.82) is 0 Å². The third-order valence-corrected chi connectivity index (χ3v) is 5.23. The Bertz CT molecular complexity index is 658. The summed E-state index contributed by atoms with van der Waals surface area (Å²) in [4.78, 5) is 13.7. The van der Waals surface area contributed by atoms with Gasteiger partial charge in [0.2, 0.25) is 0 Å². The largest absolute Gasteiger partial charge is 0.498 e. The number of rotatable bonds is 3. The second-order valence-electron chi connectivity index (χ2n) is 9.34. The molecule has 0 N–H and O–H groups in total. The van der Waals surface area contributed by atoms with E-state index in [1.54, 1.807) is 11.1 Å². The van der Waals surface area contributed by atoms with E-state index in [1.165, 1.54) is 0 Å². The molecule has 1 amide bonds. The number of ether oxygens (including phenoxy) is 1. The zero-order chi connectivity index (χ0) is 19.3. The van der Waals surface area contributed by atoms with Gasteiger partial charge in [-0.15, -0.1) is 0 Å². The lowest BCUT2D eigenvalue weighted by Crippen LogP contribution is -2.52. The van der Waals surface area contributed by atoms with Gasteiger partial charge in [-0.05, 0) is 48.5 Å². The molecular weight excluding hydrogens is 333 g/mol. The summed E-state index contributed by atoms with van der Waals surface area (Å²) in [5.74, 6) is 0.383. The minimum absolute atomic E-state index is 0.243. The third kappa shape index (κ3) is 3.91. The molecule has 2 aliphatic heterocycles. The van der Waals surface area contributed by atoms with Gasteiger partial charge in [-0.1, -0.05) is 0 Å². The fourth-order valence-electron chi connectivity index (χ4n) is 3.01. The van der Waals surface area contributed by atoms with Crippen LogP contribution < -0.4 is 5.46 Å². The molecule has 0 unspecified atom stereocenters. The zero-order valence-corrected chi connectivity index (χ0v) is 16.9. The summed E-state index contributed by atoms with van der Waals surface area (Å²) in [6.07, 6.45) is 3.53. The molecule has 0 aliphatic carbocycles. The minimum Gasteiger partial charge on any atom is -0.444 e. The number of nitrogens with zero attached hydrogens (tertiary/aromatic N) is 3. The number of aromatic nitrogens is 2. The summed E-state index contributed by atoms with van der Waals surface area (Å²) >= 11 is 0. The Kier molecular flexibility index (Phi) is 4.64. The van der Waals surface area contributed by atoms with Gasteiger partial charge in [-0.2, -0.15) is 5.10 Å². The van der Waals surface area contributed by atoms with Gasteiger partial charge in [0, 0.05) is 43.4 Å². The number of amides is 1. The molecule has 0 radical (unpaired) electrons. The molecule has 1 aromatic heterocycles. The van der Waals surface area contributed by atoms with Crippen LogP contribution in [-0.4, -0.2) is 57.8 Å². The standard InChI is InChI=1S/C18H30BN3O4/c1-16(2,3)24-15(23)21-9-13(10-21)11-22-12-14(8-20-22)19-25-17(4,5)18(6,7)26-19/h8,12-13H,9-11H2,1-7H3. The lowest BCUT2D eigenvalue weighted by Gasteiger charge is -2.39. The van der Waals surface area contributed by atoms with Crippen molar-refractivity contribution in [2.24, 2.45) is 5.92 Å². The Balaban J connectivity index is 1.51. The van der Waals surface area contributed by atoms with E-state index in [1.807, 2.05) is 59.3 Å². The van der Waals surface area contributed by atoms with Crippen LogP contribution >= 0.6 is 0 Å². The lowest BCUT2D eigenvalue weighted by molar-refractivity contribution is -0.00383. The molecule has 1 aromatic rings. The van der Waals surface area contributed by atoms with Crippen LogP contribution in [0.25, 0.3) is 0 Å². The molecule has 7 nitrogen and oxygen atoms in total. The van der Waals surface area contributed by atoms with Crippen LogP contribution in [-0.2, 0) is 20.6 Å². The minimum atomic E-state index is -0.456. The molecule has 0 spiro atoms. The molecular formula is C18H30BN3O4. The average molecular weight is 363 g/mol. The van der Waals surface area contributed by atoms with Crippen molar-refractivity contribution >= 4 is 18.7 Å². The normalized spacial score (nSPS) is 22.4. The van der Waals surface area contributed by atoms with Gasteiger partial charge in [0.05, 0.1) is 11.2 Å². The number of carbonyl (C=O) groups is 1. The van der Waals surface area contributed by atoms with Crippen molar-refractivity contribution in [3.63, 3.8) is 0 Å². The van der Waals surface area contributed by atoms with Crippen LogP contribution in [0.4, 0.5) is 4.79 Å². The Morgan fingerprint density at radius 1 is 1.27 bits per heavy atom. The quantitative estimate of drug-likeness (QED) is 0.769. The predicted molar refractivity (Wildman–Crippen MR) is 99.2 cm³/mol. The van der Waals surface area contributed by atoms with Gasteiger partial charge in [-0.3, -0.25) is 4.68 Å². The summed E-state index contributed by atoms with van der Waals surface area (Å²) in [6.45, 7) is 15.9. The molecule has 0 atom stereocenters. The van der Waals surface area contributed by atoms with Gasteiger partial charge >= 0.3 is 13.2 Å². The molecule has 144 valence electrons. The number of hydrogen-bond acceptors (Lipinski definition) is 5. The Hall–Kier alpha value is -1.54. The average Bonchev–Trinajstić information content (AvgIpc) is 2.94. The molecule has 0 aromatic carbocycles. The van der Waals surface area contributed by atoms with Crippen LogP contribution in [0.2, 0.25) is 0 Å². The summed E-state index contributed by atoms with van der Waals surface area (Å²) in [7, 11) is -0.395. The summed E-state index contributed by atoms with van der Waals surface area (Å²) in [5, 5.41) is 4.43. The highest BCUT2D eigenvalue weighted by molar-refractivity contribution is 6.61. The Labute approximate surface area is 156 Å². The van der Waals surface area contributed by atoms with Gasteiger partial charge < -0.3 is 18.9 Å². The predicted octanol–water partition coefficient (Wildman–Crippen LogP) is 2.05. The maximum atomic E-state index is 12.0. The fraction of sp³-hybridized carbons (Fsp3) is 0.778. The van der Waals surface area contributed by atoms with E-state index in [0.29, 0.717) is 19.0 Å². The molecule has 0 saturated carbocycles. The Morgan fingerprint density at radius 3 is 2.38 bits per heavy atom. The van der Waals surface area contributed by atoms with Crippen LogP contribution in [0.5, 0.6) is 0 Å². The lowest BCUT2D eigenvalue weighted by atomic mass is 9.82. The van der Waals surface area contributed by atoms with Gasteiger partial charge in [0.25, 0.3) is 0 Å².